The van der Waals surface area contributed by atoms with Crippen LogP contribution in [0.5, 0.6) is 0 Å². The van der Waals surface area contributed by atoms with Crippen molar-refractivity contribution in [3.63, 3.8) is 0 Å². The van der Waals surface area contributed by atoms with Gasteiger partial charge >= 0.3 is 12.4 Å². The Labute approximate surface area is 170 Å². The van der Waals surface area contributed by atoms with Crippen molar-refractivity contribution in [1.82, 2.24) is 19.2 Å². The smallest absolute Gasteiger partial charge is 0.299 e. The lowest BCUT2D eigenvalue weighted by atomic mass is 10.0. The van der Waals surface area contributed by atoms with Crippen LogP contribution in [0.1, 0.15) is 16.8 Å². The Hall–Kier alpha value is -3.63. The van der Waals surface area contributed by atoms with Crippen molar-refractivity contribution in [2.24, 2.45) is 0 Å². The van der Waals surface area contributed by atoms with Gasteiger partial charge in [0.1, 0.15) is 0 Å². The molecule has 0 aliphatic rings. The highest BCUT2D eigenvalue weighted by Gasteiger charge is 2.32. The Morgan fingerprint density at radius 3 is 2.13 bits per heavy atom. The molecule has 4 rings (SSSR count). The molecule has 160 valence electrons. The van der Waals surface area contributed by atoms with Crippen molar-refractivity contribution in [2.75, 3.05) is 0 Å². The van der Waals surface area contributed by atoms with Crippen LogP contribution in [-0.4, -0.2) is 19.2 Å². The van der Waals surface area contributed by atoms with Gasteiger partial charge in [0.15, 0.2) is 5.65 Å². The fourth-order valence-electron chi connectivity index (χ4n) is 3.26. The molecule has 1 aromatic carbocycles. The fourth-order valence-corrected chi connectivity index (χ4v) is 3.26. The third-order valence-corrected chi connectivity index (χ3v) is 4.67. The number of benzene rings is 1. The van der Waals surface area contributed by atoms with Crippen LogP contribution in [0, 0.1) is 6.92 Å². The summed E-state index contributed by atoms with van der Waals surface area (Å²) in [4.78, 5) is 15.9. The van der Waals surface area contributed by atoms with Crippen LogP contribution < -0.4 is 5.56 Å². The second-order valence-electron chi connectivity index (χ2n) is 6.72. The Balaban J connectivity index is 1.98. The highest BCUT2D eigenvalue weighted by molar-refractivity contribution is 5.81. The first-order valence-electron chi connectivity index (χ1n) is 8.78. The van der Waals surface area contributed by atoms with Gasteiger partial charge in [-0.15, -0.1) is 0 Å². The Bertz CT molecular complexity index is 1330. The van der Waals surface area contributed by atoms with Crippen LogP contribution in [0.25, 0.3) is 22.5 Å². The molecular weight excluding hydrogens is 426 g/mol. The van der Waals surface area contributed by atoms with Gasteiger partial charge in [-0.25, -0.2) is 0 Å². The predicted octanol–water partition coefficient (Wildman–Crippen LogP) is 4.89. The van der Waals surface area contributed by atoms with Gasteiger partial charge in [0, 0.05) is 24.0 Å². The van der Waals surface area contributed by atoms with Crippen molar-refractivity contribution in [1.29, 1.82) is 0 Å². The minimum absolute atomic E-state index is 0.00730. The van der Waals surface area contributed by atoms with E-state index in [0.29, 0.717) is 23.0 Å². The van der Waals surface area contributed by atoms with E-state index < -0.39 is 29.0 Å². The maximum absolute atomic E-state index is 13.1. The maximum Gasteiger partial charge on any atom is 0.417 e. The van der Waals surface area contributed by atoms with E-state index in [1.165, 1.54) is 29.1 Å². The molecule has 0 spiro atoms. The van der Waals surface area contributed by atoms with Crippen molar-refractivity contribution in [3.05, 3.63) is 82.2 Å². The van der Waals surface area contributed by atoms with Crippen molar-refractivity contribution in [2.45, 2.75) is 19.3 Å². The minimum atomic E-state index is -4.63. The van der Waals surface area contributed by atoms with Gasteiger partial charge in [-0.05, 0) is 30.7 Å². The van der Waals surface area contributed by atoms with Gasteiger partial charge in [-0.3, -0.25) is 14.3 Å². The van der Waals surface area contributed by atoms with Crippen molar-refractivity contribution in [3.8, 4) is 16.8 Å². The first kappa shape index (κ1) is 20.6. The molecule has 0 saturated heterocycles. The number of pyridine rings is 1. The molecule has 0 aliphatic heterocycles. The zero-order chi connectivity index (χ0) is 22.6. The third kappa shape index (κ3) is 3.66. The molecule has 0 aliphatic carbocycles. The van der Waals surface area contributed by atoms with Crippen LogP contribution in [0.15, 0.2) is 59.8 Å². The SMILES string of the molecule is Cc1nn2c(=O)ccn(-c3cncc(C(F)(F)F)c3)c2c1-c1ccc(C(F)(F)F)cc1. The minimum Gasteiger partial charge on any atom is -0.299 e. The first-order chi connectivity index (χ1) is 14.5. The second-order valence-corrected chi connectivity index (χ2v) is 6.72. The molecule has 0 atom stereocenters. The molecule has 0 unspecified atom stereocenters. The zero-order valence-electron chi connectivity index (χ0n) is 15.7. The topological polar surface area (TPSA) is 52.2 Å². The summed E-state index contributed by atoms with van der Waals surface area (Å²) in [7, 11) is 0. The summed E-state index contributed by atoms with van der Waals surface area (Å²) in [6, 6.07) is 6.19. The summed E-state index contributed by atoms with van der Waals surface area (Å²) < 4.78 is 80.4. The maximum atomic E-state index is 13.1. The molecule has 0 fully saturated rings. The van der Waals surface area contributed by atoms with Crippen molar-refractivity contribution < 1.29 is 26.3 Å². The number of rotatable bonds is 2. The average Bonchev–Trinajstić information content (AvgIpc) is 3.05. The van der Waals surface area contributed by atoms with E-state index >= 15 is 0 Å². The van der Waals surface area contributed by atoms with Gasteiger partial charge in [-0.1, -0.05) is 12.1 Å². The lowest BCUT2D eigenvalue weighted by Gasteiger charge is -2.13. The van der Waals surface area contributed by atoms with E-state index in [1.54, 1.807) is 6.92 Å². The molecule has 3 heterocycles. The van der Waals surface area contributed by atoms with E-state index in [9.17, 15) is 31.1 Å². The van der Waals surface area contributed by atoms with E-state index in [-0.39, 0.29) is 11.3 Å². The van der Waals surface area contributed by atoms with Gasteiger partial charge in [0.05, 0.1) is 28.7 Å². The standard InChI is InChI=1S/C20H12F6N4O/c1-11-17(12-2-4-13(5-3-12)19(21,22)23)18-29(7-6-16(31)30(18)28-11)15-8-14(9-27-10-15)20(24,25)26/h2-10H,1H3. The fraction of sp³-hybridized carbons (Fsp3) is 0.150. The van der Waals surface area contributed by atoms with Gasteiger partial charge in [0.25, 0.3) is 5.56 Å². The van der Waals surface area contributed by atoms with Crippen molar-refractivity contribution >= 4 is 5.65 Å². The number of aromatic nitrogens is 4. The van der Waals surface area contributed by atoms with E-state index in [2.05, 4.69) is 10.1 Å². The molecule has 0 radical (unpaired) electrons. The second kappa shape index (κ2) is 6.96. The summed E-state index contributed by atoms with van der Waals surface area (Å²) in [6.45, 7) is 1.55. The number of alkyl halides is 6. The van der Waals surface area contributed by atoms with Crippen LogP contribution >= 0.6 is 0 Å². The van der Waals surface area contributed by atoms with Gasteiger partial charge in [0.2, 0.25) is 0 Å². The van der Waals surface area contributed by atoms with Gasteiger partial charge < -0.3 is 0 Å². The molecule has 5 nitrogen and oxygen atoms in total. The Morgan fingerprint density at radius 1 is 0.871 bits per heavy atom. The summed E-state index contributed by atoms with van der Waals surface area (Å²) in [5.74, 6) is 0. The number of aryl methyl sites for hydroxylation is 1. The number of fused-ring (bicyclic) bond motifs is 1. The zero-order valence-corrected chi connectivity index (χ0v) is 15.7. The van der Waals surface area contributed by atoms with E-state index in [1.807, 2.05) is 0 Å². The molecule has 3 aromatic heterocycles. The van der Waals surface area contributed by atoms with Crippen LogP contribution in [-0.2, 0) is 12.4 Å². The summed E-state index contributed by atoms with van der Waals surface area (Å²) in [6.07, 6.45) is -6.05. The lowest BCUT2D eigenvalue weighted by molar-refractivity contribution is -0.138. The monoisotopic (exact) mass is 438 g/mol. The van der Waals surface area contributed by atoms with E-state index in [4.69, 9.17) is 0 Å². The molecule has 0 amide bonds. The molecular formula is C20H12F6N4O. The largest absolute Gasteiger partial charge is 0.417 e. The first-order valence-corrected chi connectivity index (χ1v) is 8.78. The summed E-state index contributed by atoms with van der Waals surface area (Å²) in [5, 5.41) is 4.14. The predicted molar refractivity (Wildman–Crippen MR) is 98.8 cm³/mol. The van der Waals surface area contributed by atoms with E-state index in [0.717, 1.165) is 28.8 Å². The number of hydrogen-bond acceptors (Lipinski definition) is 3. The molecule has 11 heteroatoms. The normalized spacial score (nSPS) is 12.5. The Kier molecular flexibility index (Phi) is 4.64. The average molecular weight is 438 g/mol. The molecule has 0 bridgehead atoms. The van der Waals surface area contributed by atoms with Crippen LogP contribution in [0.2, 0.25) is 0 Å². The summed E-state index contributed by atoms with van der Waals surface area (Å²) in [5.41, 5.74) is -1.34. The summed E-state index contributed by atoms with van der Waals surface area (Å²) >= 11 is 0. The Morgan fingerprint density at radius 2 is 1.52 bits per heavy atom. The van der Waals surface area contributed by atoms with Gasteiger partial charge in [-0.2, -0.15) is 36.0 Å². The third-order valence-electron chi connectivity index (χ3n) is 4.67. The quantitative estimate of drug-likeness (QED) is 0.419. The molecule has 31 heavy (non-hydrogen) atoms. The highest BCUT2D eigenvalue weighted by Crippen LogP contribution is 2.34. The van der Waals surface area contributed by atoms with Crippen LogP contribution in [0.3, 0.4) is 0 Å². The van der Waals surface area contributed by atoms with Crippen LogP contribution in [0.4, 0.5) is 26.3 Å². The number of hydrogen-bond donors (Lipinski definition) is 0. The number of halogens is 6. The molecule has 0 saturated carbocycles. The highest BCUT2D eigenvalue weighted by atomic mass is 19.4. The number of nitrogens with zero attached hydrogens (tertiary/aromatic N) is 4. The molecule has 0 N–H and O–H groups in total. The lowest BCUT2D eigenvalue weighted by Crippen LogP contribution is -2.17. The molecule has 4 aromatic rings.